The molecule has 6 rings (SSSR count). The highest BCUT2D eigenvalue weighted by Crippen LogP contribution is 2.66. The molecule has 7 N–H and O–H groups in total. The average molecular weight is 850 g/mol. The van der Waals surface area contributed by atoms with Gasteiger partial charge in [0.1, 0.15) is 6.04 Å². The van der Waals surface area contributed by atoms with E-state index in [4.69, 9.17) is 20.8 Å². The summed E-state index contributed by atoms with van der Waals surface area (Å²) in [5, 5.41) is 16.4. The van der Waals surface area contributed by atoms with Gasteiger partial charge in [0, 0.05) is 44.2 Å². The van der Waals surface area contributed by atoms with Crippen molar-refractivity contribution in [1.82, 2.24) is 15.5 Å². The molecule has 3 saturated carbocycles. The lowest BCUT2D eigenvalue weighted by Crippen LogP contribution is -2.65. The van der Waals surface area contributed by atoms with Crippen LogP contribution in [0.25, 0.3) is 0 Å². The molecule has 61 heavy (non-hydrogen) atoms. The van der Waals surface area contributed by atoms with Crippen LogP contribution in [-0.4, -0.2) is 102 Å². The van der Waals surface area contributed by atoms with E-state index in [2.05, 4.69) is 50.5 Å². The number of benzene rings is 1. The van der Waals surface area contributed by atoms with Crippen LogP contribution in [0.3, 0.4) is 0 Å². The molecule has 2 saturated heterocycles. The summed E-state index contributed by atoms with van der Waals surface area (Å²) in [5.41, 5.74) is 12.5. The molecule has 2 aliphatic heterocycles. The van der Waals surface area contributed by atoms with Gasteiger partial charge in [-0.2, -0.15) is 0 Å². The molecular formula is C47H76BN5O8. The van der Waals surface area contributed by atoms with Crippen molar-refractivity contribution in [3.8, 4) is 0 Å². The number of likely N-dealkylation sites (tertiary alicyclic amines) is 1. The lowest BCUT2D eigenvalue weighted by atomic mass is 9.43. The fourth-order valence-corrected chi connectivity index (χ4v) is 10.7. The molecule has 0 aromatic heterocycles. The predicted octanol–water partition coefficient (Wildman–Crippen LogP) is 4.85. The number of carbonyl (C=O) groups excluding carboxylic acids is 5. The Bertz CT molecular complexity index is 1670. The van der Waals surface area contributed by atoms with Crippen molar-refractivity contribution in [3.63, 3.8) is 0 Å². The summed E-state index contributed by atoms with van der Waals surface area (Å²) >= 11 is 0. The third kappa shape index (κ3) is 11.5. The predicted molar refractivity (Wildman–Crippen MR) is 237 cm³/mol. The van der Waals surface area contributed by atoms with Gasteiger partial charge in [-0.25, -0.2) is 0 Å². The van der Waals surface area contributed by atoms with Gasteiger partial charge in [0.05, 0.1) is 23.9 Å². The van der Waals surface area contributed by atoms with Crippen LogP contribution in [0.4, 0.5) is 0 Å². The van der Waals surface area contributed by atoms with Crippen molar-refractivity contribution in [2.24, 2.45) is 40.6 Å². The van der Waals surface area contributed by atoms with Crippen molar-refractivity contribution >= 4 is 36.4 Å². The first-order chi connectivity index (χ1) is 28.8. The highest BCUT2D eigenvalue weighted by Gasteiger charge is 2.68. The maximum Gasteiger partial charge on any atom is 0.461 e. The van der Waals surface area contributed by atoms with Crippen molar-refractivity contribution in [3.05, 3.63) is 35.9 Å². The fourth-order valence-electron chi connectivity index (χ4n) is 10.7. The van der Waals surface area contributed by atoms with Gasteiger partial charge in [-0.3, -0.25) is 24.0 Å². The second-order valence-electron chi connectivity index (χ2n) is 20.1. The van der Waals surface area contributed by atoms with Crippen molar-refractivity contribution in [2.45, 2.75) is 173 Å². The number of amides is 3. The van der Waals surface area contributed by atoms with Crippen LogP contribution in [0.1, 0.15) is 138 Å². The van der Waals surface area contributed by atoms with Crippen LogP contribution in [-0.2, 0) is 38.7 Å². The van der Waals surface area contributed by atoms with Crippen LogP contribution in [0.15, 0.2) is 30.3 Å². The lowest BCUT2D eigenvalue weighted by molar-refractivity contribution is -0.199. The quantitative estimate of drug-likeness (QED) is 0.0748. The molecule has 5 aliphatic rings. The number of Topliss-reactive ketones (excluding diaryl/α,β-unsaturated/α-hetero) is 2. The Morgan fingerprint density at radius 3 is 2.08 bits per heavy atom. The molecule has 0 unspecified atom stereocenters. The van der Waals surface area contributed by atoms with Crippen molar-refractivity contribution in [1.29, 1.82) is 0 Å². The molecule has 3 aliphatic carbocycles. The van der Waals surface area contributed by atoms with E-state index in [0.29, 0.717) is 76.5 Å². The van der Waals surface area contributed by atoms with E-state index in [0.717, 1.165) is 25.7 Å². The number of unbranched alkanes of at least 4 members (excludes halogenated alkanes) is 2. The molecule has 2 heterocycles. The Labute approximate surface area is 365 Å². The monoisotopic (exact) mass is 850 g/mol. The van der Waals surface area contributed by atoms with E-state index < -0.39 is 54.7 Å². The van der Waals surface area contributed by atoms with Gasteiger partial charge in [0.15, 0.2) is 11.6 Å². The molecule has 1 aromatic carbocycles. The van der Waals surface area contributed by atoms with Crippen LogP contribution in [0.2, 0.25) is 5.82 Å². The summed E-state index contributed by atoms with van der Waals surface area (Å²) < 4.78 is 13.1. The molecule has 10 atom stereocenters. The van der Waals surface area contributed by atoms with Crippen LogP contribution < -0.4 is 22.1 Å². The maximum absolute atomic E-state index is 13.9. The summed E-state index contributed by atoms with van der Waals surface area (Å²) in [6.07, 6.45) is 5.76. The number of hydrogen-bond donors (Lipinski definition) is 5. The molecule has 14 heteroatoms. The lowest BCUT2D eigenvalue weighted by Gasteiger charge is -2.64. The Morgan fingerprint density at radius 1 is 0.836 bits per heavy atom. The highest BCUT2D eigenvalue weighted by atomic mass is 16.7. The van der Waals surface area contributed by atoms with Crippen molar-refractivity contribution < 1.29 is 38.4 Å². The zero-order valence-corrected chi connectivity index (χ0v) is 38.1. The largest absolute Gasteiger partial charge is 0.461 e. The second kappa shape index (κ2) is 21.0. The SMILES string of the molecule is C[C@H](CC(=O)[C@H](CCCCN)NC(=O)[C@H](C)CC(=O)[C@@H](NC(=O)[C@H](CCCCN)CC(=O)N1CCC(C)(c2ccccc2)CC1)[C@@H](C)O)B1O[C@@H]2C[C@@H]3C[C@@H](C3(C)C)[C@]2(C)O1. The normalized spacial score (nSPS) is 26.8. The van der Waals surface area contributed by atoms with Crippen LogP contribution >= 0.6 is 0 Å². The number of nitrogens with one attached hydrogen (secondary N) is 2. The summed E-state index contributed by atoms with van der Waals surface area (Å²) in [6.45, 7) is 16.0. The average Bonchev–Trinajstić information content (AvgIpc) is 3.60. The summed E-state index contributed by atoms with van der Waals surface area (Å²) in [4.78, 5) is 70.5. The van der Waals surface area contributed by atoms with Crippen LogP contribution in [0, 0.1) is 29.1 Å². The number of nitrogens with two attached hydrogens (primary N) is 2. The van der Waals surface area contributed by atoms with E-state index >= 15 is 0 Å². The molecule has 2 bridgehead atoms. The van der Waals surface area contributed by atoms with Crippen LogP contribution in [0.5, 0.6) is 0 Å². The molecule has 3 amide bonds. The van der Waals surface area contributed by atoms with Gasteiger partial charge in [-0.1, -0.05) is 71.4 Å². The van der Waals surface area contributed by atoms with Crippen molar-refractivity contribution in [2.75, 3.05) is 26.2 Å². The first kappa shape index (κ1) is 48.9. The van der Waals surface area contributed by atoms with Gasteiger partial charge in [0.25, 0.3) is 0 Å². The first-order valence-corrected chi connectivity index (χ1v) is 23.3. The Hall–Kier alpha value is -3.17. The van der Waals surface area contributed by atoms with E-state index in [-0.39, 0.29) is 59.3 Å². The Morgan fingerprint density at radius 2 is 1.48 bits per heavy atom. The van der Waals surface area contributed by atoms with E-state index in [9.17, 15) is 29.1 Å². The number of aliphatic hydroxyl groups excluding tert-OH is 1. The standard InChI is InChI=1S/C47H76BN5O8/c1-30(43(58)51-36(18-12-14-22-50)37(55)26-31(2)48-60-40-29-35-28-39(45(35,4)5)47(40,7)61-48)25-38(56)42(32(3)54)52-44(59)33(15-11-13-21-49)27-41(57)53-23-19-46(6,20-24-53)34-16-9-8-10-17-34/h8-10,16-17,30-33,35-36,39-40,42,54H,11-15,18-29,49-50H2,1-7H3,(H,51,58)(H,52,59)/t30-,31-,32-,33-,35+,36+,39+,40-,42+,47+/m1/s1. The number of carbonyl (C=O) groups is 5. The van der Waals surface area contributed by atoms with Gasteiger partial charge < -0.3 is 41.4 Å². The van der Waals surface area contributed by atoms with Gasteiger partial charge in [-0.15, -0.1) is 0 Å². The summed E-state index contributed by atoms with van der Waals surface area (Å²) in [6, 6.07) is 8.25. The van der Waals surface area contributed by atoms with Gasteiger partial charge >= 0.3 is 7.12 Å². The molecule has 13 nitrogen and oxygen atoms in total. The number of rotatable bonds is 23. The van der Waals surface area contributed by atoms with E-state index in [1.54, 1.807) is 6.92 Å². The topological polar surface area (TPSA) is 203 Å². The molecule has 340 valence electrons. The third-order valence-corrected chi connectivity index (χ3v) is 15.2. The zero-order valence-electron chi connectivity index (χ0n) is 38.1. The Kier molecular flexibility index (Phi) is 16.8. The van der Waals surface area contributed by atoms with E-state index in [1.807, 2.05) is 30.0 Å². The second-order valence-corrected chi connectivity index (χ2v) is 20.1. The highest BCUT2D eigenvalue weighted by molar-refractivity contribution is 6.47. The summed E-state index contributed by atoms with van der Waals surface area (Å²) in [7, 11) is -0.516. The van der Waals surface area contributed by atoms with Gasteiger partial charge in [-0.05, 0) is 119 Å². The van der Waals surface area contributed by atoms with Gasteiger partial charge in [0.2, 0.25) is 17.7 Å². The molecular weight excluding hydrogens is 773 g/mol. The number of ketones is 2. The minimum Gasteiger partial charge on any atom is -0.405 e. The number of nitrogens with zero attached hydrogens (tertiary/aromatic N) is 1. The summed E-state index contributed by atoms with van der Waals surface area (Å²) in [5.74, 6) is -2.51. The minimum atomic E-state index is -1.28. The number of hydrogen-bond acceptors (Lipinski definition) is 10. The maximum atomic E-state index is 13.9. The zero-order chi connectivity index (χ0) is 44.7. The number of piperidine rings is 1. The third-order valence-electron chi connectivity index (χ3n) is 15.2. The first-order valence-electron chi connectivity index (χ1n) is 23.3. The van der Waals surface area contributed by atoms with E-state index in [1.165, 1.54) is 12.5 Å². The fraction of sp³-hybridized carbons (Fsp3) is 0.766. The Balaban J connectivity index is 1.15. The molecule has 0 radical (unpaired) electrons. The molecule has 1 aromatic rings. The molecule has 5 fully saturated rings. The molecule has 0 spiro atoms. The number of aliphatic hydroxyl groups is 1. The minimum absolute atomic E-state index is 0.00209. The smallest absolute Gasteiger partial charge is 0.405 e.